The van der Waals surface area contributed by atoms with E-state index in [2.05, 4.69) is 62.2 Å². The van der Waals surface area contributed by atoms with Crippen molar-refractivity contribution in [3.63, 3.8) is 0 Å². The van der Waals surface area contributed by atoms with Crippen LogP contribution >= 0.6 is 31.9 Å². The molecule has 1 nitrogen and oxygen atoms in total. The maximum Gasteiger partial charge on any atom is 0.142 e. The van der Waals surface area contributed by atoms with Gasteiger partial charge in [0, 0.05) is 25.6 Å². The van der Waals surface area contributed by atoms with Crippen molar-refractivity contribution in [3.05, 3.63) is 117 Å². The van der Waals surface area contributed by atoms with Crippen molar-refractivity contribution < 1.29 is 5.11 Å². The van der Waals surface area contributed by atoms with Gasteiger partial charge in [0.15, 0.2) is 0 Å². The number of rotatable bonds is 2. The van der Waals surface area contributed by atoms with Gasteiger partial charge in [-0.3, -0.25) is 0 Å². The third-order valence-corrected chi connectivity index (χ3v) is 6.42. The first-order valence-electron chi connectivity index (χ1n) is 9.07. The van der Waals surface area contributed by atoms with E-state index < -0.39 is 5.60 Å². The highest BCUT2D eigenvalue weighted by molar-refractivity contribution is 9.10. The van der Waals surface area contributed by atoms with Crippen molar-refractivity contribution in [1.82, 2.24) is 0 Å². The molecule has 1 aliphatic carbocycles. The van der Waals surface area contributed by atoms with Crippen molar-refractivity contribution in [1.29, 1.82) is 0 Å². The van der Waals surface area contributed by atoms with Crippen LogP contribution in [0, 0.1) is 0 Å². The normalized spacial score (nSPS) is 17.2. The maximum atomic E-state index is 12.3. The number of aliphatic hydroxyl groups is 1. The molecule has 28 heavy (non-hydrogen) atoms. The Bertz CT molecular complexity index is 1200. The average molecular weight is 492 g/mol. The summed E-state index contributed by atoms with van der Waals surface area (Å²) in [5, 5.41) is 12.3. The second kappa shape index (κ2) is 6.70. The van der Waals surface area contributed by atoms with Crippen LogP contribution in [0.2, 0.25) is 0 Å². The molecule has 0 radical (unpaired) electrons. The zero-order valence-corrected chi connectivity index (χ0v) is 18.0. The largest absolute Gasteiger partial charge is 0.376 e. The van der Waals surface area contributed by atoms with Crippen LogP contribution < -0.4 is 0 Å². The summed E-state index contributed by atoms with van der Waals surface area (Å²) in [5.41, 5.74) is 5.72. The Morgan fingerprint density at radius 2 is 1.18 bits per heavy atom. The van der Waals surface area contributed by atoms with Crippen molar-refractivity contribution in [2.75, 3.05) is 0 Å². The zero-order valence-electron chi connectivity index (χ0n) is 14.9. The zero-order chi connectivity index (χ0) is 19.3. The molecule has 0 aromatic heterocycles. The lowest BCUT2D eigenvalue weighted by Crippen LogP contribution is -2.27. The van der Waals surface area contributed by atoms with Gasteiger partial charge in [-0.2, -0.15) is 0 Å². The van der Waals surface area contributed by atoms with Gasteiger partial charge in [0.1, 0.15) is 5.60 Å². The van der Waals surface area contributed by atoms with Gasteiger partial charge in [-0.25, -0.2) is 0 Å². The first kappa shape index (κ1) is 17.9. The van der Waals surface area contributed by atoms with Gasteiger partial charge in [0.05, 0.1) is 0 Å². The highest BCUT2D eigenvalue weighted by Gasteiger charge is 2.44. The van der Waals surface area contributed by atoms with E-state index in [0.29, 0.717) is 0 Å². The van der Waals surface area contributed by atoms with Crippen LogP contribution in [0.25, 0.3) is 22.3 Å². The number of hydrogen-bond donors (Lipinski definition) is 1. The molecule has 4 aromatic rings. The third kappa shape index (κ3) is 2.61. The fraction of sp³-hybridized carbons (Fsp3) is 0.0400. The molecule has 0 amide bonds. The van der Waals surface area contributed by atoms with Gasteiger partial charge >= 0.3 is 0 Å². The predicted molar refractivity (Wildman–Crippen MR) is 121 cm³/mol. The van der Waals surface area contributed by atoms with Crippen molar-refractivity contribution in [2.45, 2.75) is 5.60 Å². The van der Waals surface area contributed by atoms with E-state index in [1.807, 2.05) is 60.7 Å². The molecule has 136 valence electrons. The Morgan fingerprint density at radius 1 is 0.536 bits per heavy atom. The van der Waals surface area contributed by atoms with Crippen LogP contribution in [-0.4, -0.2) is 5.11 Å². The molecule has 3 heteroatoms. The molecule has 0 saturated carbocycles. The van der Waals surface area contributed by atoms with Crippen molar-refractivity contribution in [3.8, 4) is 22.3 Å². The molecule has 1 aliphatic rings. The summed E-state index contributed by atoms with van der Waals surface area (Å²) >= 11 is 7.18. The summed E-state index contributed by atoms with van der Waals surface area (Å²) in [4.78, 5) is 0. The number of halogens is 2. The van der Waals surface area contributed by atoms with E-state index in [9.17, 15) is 5.11 Å². The molecule has 0 aliphatic heterocycles. The predicted octanol–water partition coefficient (Wildman–Crippen LogP) is 7.14. The van der Waals surface area contributed by atoms with Crippen LogP contribution in [0.1, 0.15) is 16.7 Å². The van der Waals surface area contributed by atoms with Gasteiger partial charge in [-0.1, -0.05) is 98.6 Å². The van der Waals surface area contributed by atoms with Crippen molar-refractivity contribution in [2.24, 2.45) is 0 Å². The molecule has 0 bridgehead atoms. The summed E-state index contributed by atoms with van der Waals surface area (Å²) in [6.07, 6.45) is 0. The van der Waals surface area contributed by atoms with E-state index in [4.69, 9.17) is 0 Å². The van der Waals surface area contributed by atoms with E-state index in [1.54, 1.807) is 0 Å². The Morgan fingerprint density at radius 3 is 2.00 bits per heavy atom. The minimum atomic E-state index is -1.22. The molecular weight excluding hydrogens is 476 g/mol. The van der Waals surface area contributed by atoms with Crippen LogP contribution in [0.4, 0.5) is 0 Å². The lowest BCUT2D eigenvalue weighted by atomic mass is 9.80. The van der Waals surface area contributed by atoms with Crippen LogP contribution in [0.5, 0.6) is 0 Å². The van der Waals surface area contributed by atoms with Gasteiger partial charge in [0.2, 0.25) is 0 Å². The molecule has 1 N–H and O–H groups in total. The Kier molecular flexibility index (Phi) is 4.27. The molecule has 1 unspecified atom stereocenters. The summed E-state index contributed by atoms with van der Waals surface area (Å²) in [5.74, 6) is 0. The fourth-order valence-electron chi connectivity index (χ4n) is 4.21. The fourth-order valence-corrected chi connectivity index (χ4v) is 4.93. The van der Waals surface area contributed by atoms with Crippen LogP contribution in [0.3, 0.4) is 0 Å². The van der Waals surface area contributed by atoms with E-state index >= 15 is 0 Å². The molecule has 5 rings (SSSR count). The lowest BCUT2D eigenvalue weighted by molar-refractivity contribution is 0.131. The van der Waals surface area contributed by atoms with E-state index in [0.717, 1.165) is 47.9 Å². The number of benzene rings is 4. The van der Waals surface area contributed by atoms with E-state index in [-0.39, 0.29) is 0 Å². The minimum absolute atomic E-state index is 0.890. The van der Waals surface area contributed by atoms with Gasteiger partial charge in [-0.15, -0.1) is 0 Å². The summed E-state index contributed by atoms with van der Waals surface area (Å²) in [6.45, 7) is 0. The van der Waals surface area contributed by atoms with Gasteiger partial charge < -0.3 is 5.11 Å². The van der Waals surface area contributed by atoms with Gasteiger partial charge in [-0.05, 0) is 46.5 Å². The standard InChI is InChI=1S/C25H16Br2O/c26-17-11-13-23-21(14-17)20-12-10-18(27)15-24(20)25(23,28)22-9-5-4-8-19(22)16-6-2-1-3-7-16/h1-15,28H. The van der Waals surface area contributed by atoms with Crippen LogP contribution in [-0.2, 0) is 5.60 Å². The van der Waals surface area contributed by atoms with Crippen molar-refractivity contribution >= 4 is 31.9 Å². The summed E-state index contributed by atoms with van der Waals surface area (Å²) < 4.78 is 1.95. The van der Waals surface area contributed by atoms with Gasteiger partial charge in [0.25, 0.3) is 0 Å². The second-order valence-corrected chi connectivity index (χ2v) is 8.83. The Hall–Kier alpha value is -2.20. The third-order valence-electron chi connectivity index (χ3n) is 5.43. The van der Waals surface area contributed by atoms with Crippen LogP contribution in [0.15, 0.2) is 99.9 Å². The first-order valence-corrected chi connectivity index (χ1v) is 10.7. The molecule has 0 heterocycles. The lowest BCUT2D eigenvalue weighted by Gasteiger charge is -2.29. The monoisotopic (exact) mass is 490 g/mol. The maximum absolute atomic E-state index is 12.3. The minimum Gasteiger partial charge on any atom is -0.376 e. The smallest absolute Gasteiger partial charge is 0.142 e. The number of fused-ring (bicyclic) bond motifs is 3. The SMILES string of the molecule is OC1(c2ccccc2-c2ccccc2)c2ccc(Br)cc2-c2ccc(Br)cc21. The second-order valence-electron chi connectivity index (χ2n) is 7.00. The molecule has 1 atom stereocenters. The Balaban J connectivity index is 1.86. The molecule has 0 saturated heterocycles. The summed E-state index contributed by atoms with van der Waals surface area (Å²) in [6, 6.07) is 30.6. The average Bonchev–Trinajstić information content (AvgIpc) is 2.97. The molecule has 0 fully saturated rings. The summed E-state index contributed by atoms with van der Waals surface area (Å²) in [7, 11) is 0. The molecular formula is C25H16Br2O. The quantitative estimate of drug-likeness (QED) is 0.316. The molecule has 4 aromatic carbocycles. The first-order chi connectivity index (χ1) is 13.6. The number of hydrogen-bond acceptors (Lipinski definition) is 1. The topological polar surface area (TPSA) is 20.2 Å². The van der Waals surface area contributed by atoms with E-state index in [1.165, 1.54) is 0 Å². The Labute approximate surface area is 180 Å². The highest BCUT2D eigenvalue weighted by Crippen LogP contribution is 2.53. The molecule has 0 spiro atoms. The highest BCUT2D eigenvalue weighted by atomic mass is 79.9.